The molecule has 2 aliphatic heterocycles. The van der Waals surface area contributed by atoms with Crippen LogP contribution in [0.1, 0.15) is 26.2 Å². The van der Waals surface area contributed by atoms with Gasteiger partial charge in [0.25, 0.3) is 0 Å². The van der Waals surface area contributed by atoms with Gasteiger partial charge >= 0.3 is 5.97 Å². The summed E-state index contributed by atoms with van der Waals surface area (Å²) in [5, 5.41) is 9.22. The second kappa shape index (κ2) is 3.99. The van der Waals surface area contributed by atoms with Crippen LogP contribution in [0.5, 0.6) is 0 Å². The third-order valence-corrected chi connectivity index (χ3v) is 4.49. The molecule has 3 unspecified atom stereocenters. The van der Waals surface area contributed by atoms with E-state index < -0.39 is 5.97 Å². The number of hydrogen-bond acceptors (Lipinski definition) is 5. The molecular formula is C13H16N2O3. The minimum Gasteiger partial charge on any atom is -0.432 e. The lowest BCUT2D eigenvalue weighted by Crippen LogP contribution is -2.67. The summed E-state index contributed by atoms with van der Waals surface area (Å²) in [5.41, 5.74) is 0.704. The van der Waals surface area contributed by atoms with Crippen molar-refractivity contribution >= 4 is 5.97 Å². The largest absolute Gasteiger partial charge is 0.432 e. The summed E-state index contributed by atoms with van der Waals surface area (Å²) in [6.45, 7) is 2.82. The van der Waals surface area contributed by atoms with E-state index in [4.69, 9.17) is 9.47 Å². The first-order valence-electron chi connectivity index (χ1n) is 6.32. The highest BCUT2D eigenvalue weighted by Gasteiger charge is 2.65. The van der Waals surface area contributed by atoms with E-state index in [1.807, 2.05) is 0 Å². The number of carbonyl (C=O) groups excluding carboxylic acids is 1. The van der Waals surface area contributed by atoms with Gasteiger partial charge < -0.3 is 14.4 Å². The Morgan fingerprint density at radius 1 is 1.61 bits per heavy atom. The maximum Gasteiger partial charge on any atom is 0.307 e. The molecule has 0 aromatic carbocycles. The average molecular weight is 248 g/mol. The molecule has 0 amide bonds. The molecule has 5 heteroatoms. The van der Waals surface area contributed by atoms with Crippen LogP contribution in [0.15, 0.2) is 12.0 Å². The molecule has 3 fully saturated rings. The maximum atomic E-state index is 10.8. The summed E-state index contributed by atoms with van der Waals surface area (Å²) >= 11 is 0. The lowest BCUT2D eigenvalue weighted by Gasteiger charge is -2.57. The number of carbonyl (C=O) groups is 1. The molecular weight excluding hydrogens is 232 g/mol. The Hall–Kier alpha value is -1.54. The first-order chi connectivity index (χ1) is 8.69. The zero-order chi connectivity index (χ0) is 12.8. The van der Waals surface area contributed by atoms with E-state index >= 15 is 0 Å². The van der Waals surface area contributed by atoms with Crippen molar-refractivity contribution in [2.24, 2.45) is 5.41 Å². The second-order valence-electron chi connectivity index (χ2n) is 5.30. The van der Waals surface area contributed by atoms with E-state index in [0.29, 0.717) is 18.3 Å². The van der Waals surface area contributed by atoms with Crippen LogP contribution in [-0.2, 0) is 14.3 Å². The Morgan fingerprint density at radius 3 is 3.17 bits per heavy atom. The van der Waals surface area contributed by atoms with Gasteiger partial charge in [0.1, 0.15) is 12.3 Å². The third-order valence-electron chi connectivity index (χ3n) is 4.49. The van der Waals surface area contributed by atoms with Crippen molar-refractivity contribution in [3.05, 3.63) is 12.0 Å². The number of ether oxygens (including phenoxy) is 2. The van der Waals surface area contributed by atoms with Gasteiger partial charge in [0, 0.05) is 18.4 Å². The SMILES string of the molecule is CC(=O)OC=C(C#N)N1C2CCCC23COCC13. The topological polar surface area (TPSA) is 62.6 Å². The van der Waals surface area contributed by atoms with Gasteiger partial charge in [-0.15, -0.1) is 0 Å². The van der Waals surface area contributed by atoms with Crippen LogP contribution in [0.2, 0.25) is 0 Å². The van der Waals surface area contributed by atoms with Crippen molar-refractivity contribution in [1.82, 2.24) is 4.90 Å². The summed E-state index contributed by atoms with van der Waals surface area (Å²) in [6, 6.07) is 2.80. The maximum absolute atomic E-state index is 10.8. The van der Waals surface area contributed by atoms with Crippen LogP contribution in [0.25, 0.3) is 0 Å². The summed E-state index contributed by atoms with van der Waals surface area (Å²) < 4.78 is 10.4. The minimum atomic E-state index is -0.399. The smallest absolute Gasteiger partial charge is 0.307 e. The Kier molecular flexibility index (Phi) is 2.56. The Morgan fingerprint density at radius 2 is 2.44 bits per heavy atom. The summed E-state index contributed by atoms with van der Waals surface area (Å²) in [7, 11) is 0. The molecule has 3 aliphatic rings. The van der Waals surface area contributed by atoms with E-state index in [0.717, 1.165) is 13.0 Å². The molecule has 0 aromatic rings. The number of rotatable bonds is 2. The van der Waals surface area contributed by atoms with E-state index in [2.05, 4.69) is 11.0 Å². The number of esters is 1. The molecule has 0 N–H and O–H groups in total. The molecule has 96 valence electrons. The zero-order valence-electron chi connectivity index (χ0n) is 10.4. The van der Waals surface area contributed by atoms with Gasteiger partial charge in [-0.05, 0) is 12.8 Å². The summed E-state index contributed by atoms with van der Waals surface area (Å²) in [4.78, 5) is 12.9. The summed E-state index contributed by atoms with van der Waals surface area (Å²) in [5.74, 6) is -0.399. The molecule has 2 saturated heterocycles. The predicted octanol–water partition coefficient (Wildman–Crippen LogP) is 1.17. The molecule has 18 heavy (non-hydrogen) atoms. The van der Waals surface area contributed by atoms with Gasteiger partial charge in [-0.25, -0.2) is 0 Å². The quantitative estimate of drug-likeness (QED) is 0.417. The van der Waals surface area contributed by atoms with E-state index in [-0.39, 0.29) is 11.5 Å². The monoisotopic (exact) mass is 248 g/mol. The van der Waals surface area contributed by atoms with Crippen LogP contribution in [0.3, 0.4) is 0 Å². The number of hydrogen-bond donors (Lipinski definition) is 0. The van der Waals surface area contributed by atoms with Crippen LogP contribution < -0.4 is 0 Å². The fourth-order valence-corrected chi connectivity index (χ4v) is 3.79. The Bertz CT molecular complexity index is 432. The minimum absolute atomic E-state index is 0.256. The molecule has 5 nitrogen and oxygen atoms in total. The normalized spacial score (nSPS) is 37.6. The fourth-order valence-electron chi connectivity index (χ4n) is 3.79. The number of allylic oxidation sites excluding steroid dienone is 1. The summed E-state index contributed by atoms with van der Waals surface area (Å²) in [6.07, 6.45) is 4.75. The Balaban J connectivity index is 1.83. The highest BCUT2D eigenvalue weighted by molar-refractivity contribution is 5.66. The molecule has 1 spiro atoms. The van der Waals surface area contributed by atoms with Crippen molar-refractivity contribution in [2.75, 3.05) is 13.2 Å². The molecule has 0 aromatic heterocycles. The van der Waals surface area contributed by atoms with Gasteiger partial charge in [0.05, 0.1) is 19.3 Å². The molecule has 1 saturated carbocycles. The van der Waals surface area contributed by atoms with Crippen molar-refractivity contribution in [3.63, 3.8) is 0 Å². The number of likely N-dealkylation sites (tertiary alicyclic amines) is 1. The Labute approximate surface area is 106 Å². The van der Waals surface area contributed by atoms with Gasteiger partial charge in [0.2, 0.25) is 0 Å². The van der Waals surface area contributed by atoms with Crippen LogP contribution in [-0.4, -0.2) is 36.2 Å². The van der Waals surface area contributed by atoms with E-state index in [9.17, 15) is 10.1 Å². The molecule has 3 atom stereocenters. The van der Waals surface area contributed by atoms with Gasteiger partial charge in [-0.3, -0.25) is 4.79 Å². The van der Waals surface area contributed by atoms with Gasteiger partial charge in [-0.1, -0.05) is 6.42 Å². The van der Waals surface area contributed by atoms with E-state index in [1.165, 1.54) is 26.0 Å². The van der Waals surface area contributed by atoms with Crippen molar-refractivity contribution in [3.8, 4) is 6.07 Å². The molecule has 0 bridgehead atoms. The van der Waals surface area contributed by atoms with Crippen LogP contribution in [0, 0.1) is 16.7 Å². The molecule has 3 rings (SSSR count). The van der Waals surface area contributed by atoms with Crippen molar-refractivity contribution < 1.29 is 14.3 Å². The third kappa shape index (κ3) is 1.39. The standard InChI is InChI=1S/C13H16N2O3/c1-9(16)18-6-10(5-14)15-11-3-2-4-13(11)8-17-7-12(13)15/h6,11-12H,2-4,7-8H2,1H3. The molecule has 2 heterocycles. The predicted molar refractivity (Wildman–Crippen MR) is 62.0 cm³/mol. The highest BCUT2D eigenvalue weighted by atomic mass is 16.5. The highest BCUT2D eigenvalue weighted by Crippen LogP contribution is 2.58. The van der Waals surface area contributed by atoms with Gasteiger partial charge in [0.15, 0.2) is 5.70 Å². The van der Waals surface area contributed by atoms with Crippen molar-refractivity contribution in [2.45, 2.75) is 38.3 Å². The second-order valence-corrected chi connectivity index (χ2v) is 5.30. The van der Waals surface area contributed by atoms with Crippen LogP contribution >= 0.6 is 0 Å². The lowest BCUT2D eigenvalue weighted by molar-refractivity contribution is -0.135. The van der Waals surface area contributed by atoms with Crippen LogP contribution in [0.4, 0.5) is 0 Å². The van der Waals surface area contributed by atoms with Crippen molar-refractivity contribution in [1.29, 1.82) is 5.26 Å². The lowest BCUT2D eigenvalue weighted by atomic mass is 9.68. The van der Waals surface area contributed by atoms with E-state index in [1.54, 1.807) is 0 Å². The first kappa shape index (κ1) is 11.5. The molecule has 1 aliphatic carbocycles. The number of nitriles is 1. The van der Waals surface area contributed by atoms with Gasteiger partial charge in [-0.2, -0.15) is 5.26 Å². The fraction of sp³-hybridized carbons (Fsp3) is 0.692. The first-order valence-corrected chi connectivity index (χ1v) is 6.32. The number of nitrogens with zero attached hydrogens (tertiary/aromatic N) is 2. The zero-order valence-corrected chi connectivity index (χ0v) is 10.4. The average Bonchev–Trinajstić information content (AvgIpc) is 2.88. The molecule has 0 radical (unpaired) electrons.